The normalized spacial score (nSPS) is 12.1. The number of hydrogen-bond donors (Lipinski definition) is 0. The van der Waals surface area contributed by atoms with Crippen molar-refractivity contribution in [1.82, 2.24) is 0 Å². The first-order valence-electron chi connectivity index (χ1n) is 16.9. The third kappa shape index (κ3) is 3.82. The summed E-state index contributed by atoms with van der Waals surface area (Å²) in [7, 11) is 0. The molecule has 0 amide bonds. The van der Waals surface area contributed by atoms with Crippen molar-refractivity contribution in [1.29, 1.82) is 0 Å². The van der Waals surface area contributed by atoms with Gasteiger partial charge in [0.05, 0.1) is 0 Å². The topological polar surface area (TPSA) is 13.1 Å². The molecule has 49 heavy (non-hydrogen) atoms. The van der Waals surface area contributed by atoms with Gasteiger partial charge < -0.3 is 4.42 Å². The fraction of sp³-hybridized carbons (Fsp3) is 0. The Balaban J connectivity index is 1.26. The largest absolute Gasteiger partial charge is 0.455 e. The fourth-order valence-corrected chi connectivity index (χ4v) is 8.37. The molecule has 0 fully saturated rings. The van der Waals surface area contributed by atoms with Gasteiger partial charge in [0.1, 0.15) is 11.2 Å². The van der Waals surface area contributed by atoms with Crippen LogP contribution in [0.5, 0.6) is 0 Å². The lowest BCUT2D eigenvalue weighted by Crippen LogP contribution is -1.89. The van der Waals surface area contributed by atoms with Gasteiger partial charge in [0.2, 0.25) is 0 Å². The van der Waals surface area contributed by atoms with Crippen molar-refractivity contribution >= 4 is 75.8 Å². The molecule has 0 spiro atoms. The average Bonchev–Trinajstić information content (AvgIpc) is 3.56. The van der Waals surface area contributed by atoms with E-state index >= 15 is 0 Å². The van der Waals surface area contributed by atoms with Crippen LogP contribution in [0.3, 0.4) is 0 Å². The SMILES string of the molecule is c1ccc(-c2cccc3c2ccc2c4cc(-c5ccc6ccc7cccc8ccc5c6c78)cc(-c5cccc6ccccc56)c4oc32)cc1. The van der Waals surface area contributed by atoms with Crippen molar-refractivity contribution < 1.29 is 4.42 Å². The molecule has 226 valence electrons. The van der Waals surface area contributed by atoms with Crippen LogP contribution in [0.25, 0.3) is 109 Å². The smallest absolute Gasteiger partial charge is 0.143 e. The maximum Gasteiger partial charge on any atom is 0.143 e. The minimum absolute atomic E-state index is 0.922. The van der Waals surface area contributed by atoms with Gasteiger partial charge in [-0.15, -0.1) is 0 Å². The second-order valence-corrected chi connectivity index (χ2v) is 13.2. The van der Waals surface area contributed by atoms with E-state index in [1.807, 2.05) is 0 Å². The second-order valence-electron chi connectivity index (χ2n) is 13.2. The third-order valence-electron chi connectivity index (χ3n) is 10.6. The summed E-state index contributed by atoms with van der Waals surface area (Å²) in [4.78, 5) is 0. The number of furan rings is 1. The summed E-state index contributed by atoms with van der Waals surface area (Å²) in [6.45, 7) is 0. The molecule has 0 unspecified atom stereocenters. The molecule has 10 aromatic carbocycles. The standard InChI is InChI=1S/C48H28O/c1-2-9-29(10-3-1)36-16-8-18-41-39(36)25-26-42-44-28-34(27-43(48(44)49-47(41)42)38-17-7-12-30-11-4-5-15-35(30)38)37-23-21-33-20-19-31-13-6-14-32-22-24-40(37)46(33)45(31)32/h1-28H. The van der Waals surface area contributed by atoms with Crippen molar-refractivity contribution in [2.24, 2.45) is 0 Å². The Hall–Kier alpha value is -6.44. The average molecular weight is 621 g/mol. The van der Waals surface area contributed by atoms with Crippen molar-refractivity contribution in [3.8, 4) is 33.4 Å². The van der Waals surface area contributed by atoms with Crippen LogP contribution in [0.15, 0.2) is 174 Å². The van der Waals surface area contributed by atoms with E-state index in [4.69, 9.17) is 4.42 Å². The van der Waals surface area contributed by atoms with Gasteiger partial charge in [0.25, 0.3) is 0 Å². The zero-order chi connectivity index (χ0) is 32.1. The van der Waals surface area contributed by atoms with Gasteiger partial charge >= 0.3 is 0 Å². The summed E-state index contributed by atoms with van der Waals surface area (Å²) in [5.74, 6) is 0. The molecule has 0 N–H and O–H groups in total. The van der Waals surface area contributed by atoms with Gasteiger partial charge in [-0.25, -0.2) is 0 Å². The van der Waals surface area contributed by atoms with E-state index in [1.54, 1.807) is 0 Å². The van der Waals surface area contributed by atoms with Crippen LogP contribution < -0.4 is 0 Å². The number of benzene rings is 10. The van der Waals surface area contributed by atoms with Crippen molar-refractivity contribution in [3.05, 3.63) is 170 Å². The van der Waals surface area contributed by atoms with Crippen LogP contribution in [0.1, 0.15) is 0 Å². The number of fused-ring (bicyclic) bond motifs is 6. The van der Waals surface area contributed by atoms with Gasteiger partial charge in [-0.05, 0) is 94.5 Å². The summed E-state index contributed by atoms with van der Waals surface area (Å²) in [6, 6.07) is 62.0. The van der Waals surface area contributed by atoms with Crippen LogP contribution in [0, 0.1) is 0 Å². The molecule has 1 nitrogen and oxygen atoms in total. The zero-order valence-electron chi connectivity index (χ0n) is 26.6. The first-order chi connectivity index (χ1) is 24.3. The molecule has 11 rings (SSSR count). The molecule has 0 aliphatic rings. The molecule has 0 bridgehead atoms. The maximum atomic E-state index is 7.06. The Labute approximate surface area is 282 Å². The summed E-state index contributed by atoms with van der Waals surface area (Å²) in [5.41, 5.74) is 8.98. The summed E-state index contributed by atoms with van der Waals surface area (Å²) in [5, 5.41) is 14.8. The van der Waals surface area contributed by atoms with Crippen LogP contribution in [0.2, 0.25) is 0 Å². The van der Waals surface area contributed by atoms with Gasteiger partial charge in [-0.2, -0.15) is 0 Å². The molecule has 0 atom stereocenters. The van der Waals surface area contributed by atoms with Crippen LogP contribution in [-0.2, 0) is 0 Å². The summed E-state index contributed by atoms with van der Waals surface area (Å²) in [6.07, 6.45) is 0. The molecular weight excluding hydrogens is 593 g/mol. The minimum atomic E-state index is 0.922. The molecule has 0 radical (unpaired) electrons. The molecule has 1 heterocycles. The first kappa shape index (κ1) is 26.6. The Bertz CT molecular complexity index is 3070. The highest BCUT2D eigenvalue weighted by molar-refractivity contribution is 6.26. The summed E-state index contributed by atoms with van der Waals surface area (Å²) >= 11 is 0. The Morgan fingerprint density at radius 3 is 1.76 bits per heavy atom. The lowest BCUT2D eigenvalue weighted by Gasteiger charge is -2.15. The van der Waals surface area contributed by atoms with E-state index < -0.39 is 0 Å². The van der Waals surface area contributed by atoms with E-state index in [0.29, 0.717) is 0 Å². The lowest BCUT2D eigenvalue weighted by atomic mass is 9.88. The Morgan fingerprint density at radius 1 is 0.265 bits per heavy atom. The van der Waals surface area contributed by atoms with E-state index in [1.165, 1.54) is 76.3 Å². The van der Waals surface area contributed by atoms with Gasteiger partial charge in [-0.3, -0.25) is 0 Å². The Morgan fingerprint density at radius 2 is 0.857 bits per heavy atom. The molecule has 0 saturated carbocycles. The van der Waals surface area contributed by atoms with Gasteiger partial charge in [0, 0.05) is 21.7 Å². The highest BCUT2D eigenvalue weighted by Crippen LogP contribution is 2.46. The number of hydrogen-bond acceptors (Lipinski definition) is 1. The van der Waals surface area contributed by atoms with Gasteiger partial charge in [0.15, 0.2) is 0 Å². The van der Waals surface area contributed by atoms with E-state index in [9.17, 15) is 0 Å². The monoisotopic (exact) mass is 620 g/mol. The first-order valence-corrected chi connectivity index (χ1v) is 16.9. The van der Waals surface area contributed by atoms with Crippen molar-refractivity contribution in [2.45, 2.75) is 0 Å². The minimum Gasteiger partial charge on any atom is -0.455 e. The Kier molecular flexibility index (Phi) is 5.45. The zero-order valence-corrected chi connectivity index (χ0v) is 26.6. The van der Waals surface area contributed by atoms with Crippen LogP contribution in [0.4, 0.5) is 0 Å². The molecule has 0 saturated heterocycles. The highest BCUT2D eigenvalue weighted by Gasteiger charge is 2.20. The fourth-order valence-electron chi connectivity index (χ4n) is 8.37. The van der Waals surface area contributed by atoms with Gasteiger partial charge in [-0.1, -0.05) is 152 Å². The molecule has 11 aromatic rings. The lowest BCUT2D eigenvalue weighted by molar-refractivity contribution is 0.674. The second kappa shape index (κ2) is 10.0. The van der Waals surface area contributed by atoms with E-state index in [0.717, 1.165) is 32.9 Å². The predicted molar refractivity (Wildman–Crippen MR) is 209 cm³/mol. The van der Waals surface area contributed by atoms with E-state index in [2.05, 4.69) is 170 Å². The maximum absolute atomic E-state index is 7.06. The third-order valence-corrected chi connectivity index (χ3v) is 10.6. The quantitative estimate of drug-likeness (QED) is 0.179. The summed E-state index contributed by atoms with van der Waals surface area (Å²) < 4.78 is 7.06. The van der Waals surface area contributed by atoms with E-state index in [-0.39, 0.29) is 0 Å². The van der Waals surface area contributed by atoms with Crippen LogP contribution in [-0.4, -0.2) is 0 Å². The van der Waals surface area contributed by atoms with Crippen molar-refractivity contribution in [3.63, 3.8) is 0 Å². The molecule has 0 aliphatic heterocycles. The number of rotatable bonds is 3. The van der Waals surface area contributed by atoms with Crippen LogP contribution >= 0.6 is 0 Å². The molecular formula is C48H28O. The molecule has 1 aromatic heterocycles. The van der Waals surface area contributed by atoms with Crippen molar-refractivity contribution in [2.75, 3.05) is 0 Å². The molecule has 0 aliphatic carbocycles. The highest BCUT2D eigenvalue weighted by atomic mass is 16.3. The molecule has 1 heteroatoms. The predicted octanol–water partition coefficient (Wildman–Crippen LogP) is 13.8.